The summed E-state index contributed by atoms with van der Waals surface area (Å²) < 4.78 is 68.3. The Labute approximate surface area is 543 Å². The van der Waals surface area contributed by atoms with E-state index < -0.39 is 97.5 Å². The topological polar surface area (TPSA) is 237 Å². The molecule has 6 atom stereocenters. The lowest BCUT2D eigenvalue weighted by molar-refractivity contribution is -0.161. The zero-order valence-corrected chi connectivity index (χ0v) is 59.8. The van der Waals surface area contributed by atoms with E-state index in [1.807, 2.05) is 0 Å². The predicted molar refractivity (Wildman–Crippen MR) is 358 cm³/mol. The molecule has 89 heavy (non-hydrogen) atoms. The summed E-state index contributed by atoms with van der Waals surface area (Å²) in [5.74, 6) is 0.876. The SMILES string of the molecule is CCC(C)CCCCCCCCCCC(=O)O[C@H](COC(=O)CCCCCCCCCCCCC(C)C)COP(=O)(O)OCC(O)COP(=O)(O)OC[C@@H](COC(=O)CCCCCCCCCCC(C)C)OC(=O)CCCCCCCCCCCCC(C)C. The minimum Gasteiger partial charge on any atom is -0.462 e. The largest absolute Gasteiger partial charge is 0.472 e. The van der Waals surface area contributed by atoms with Crippen molar-refractivity contribution in [1.82, 2.24) is 0 Å². The van der Waals surface area contributed by atoms with Crippen molar-refractivity contribution >= 4 is 39.5 Å². The van der Waals surface area contributed by atoms with Gasteiger partial charge in [0.05, 0.1) is 26.4 Å². The molecule has 17 nitrogen and oxygen atoms in total. The molecule has 0 amide bonds. The summed E-state index contributed by atoms with van der Waals surface area (Å²) in [5, 5.41) is 10.6. The van der Waals surface area contributed by atoms with Gasteiger partial charge in [-0.3, -0.25) is 37.3 Å². The second-order valence-corrected chi connectivity index (χ2v) is 29.8. The minimum atomic E-state index is -4.95. The molecule has 0 rings (SSSR count). The number of carbonyl (C=O) groups excluding carboxylic acids is 4. The summed E-state index contributed by atoms with van der Waals surface area (Å²) >= 11 is 0. The molecule has 0 aromatic rings. The van der Waals surface area contributed by atoms with Gasteiger partial charge in [0.1, 0.15) is 19.3 Å². The number of aliphatic hydroxyl groups excluding tert-OH is 1. The molecule has 3 N–H and O–H groups in total. The first kappa shape index (κ1) is 87.1. The molecule has 0 aromatic carbocycles. The van der Waals surface area contributed by atoms with Crippen molar-refractivity contribution in [3.8, 4) is 0 Å². The fraction of sp³-hybridized carbons (Fsp3) is 0.943. The first-order valence-corrected chi connectivity index (χ1v) is 39.2. The number of esters is 4. The molecule has 0 saturated carbocycles. The van der Waals surface area contributed by atoms with Gasteiger partial charge >= 0.3 is 39.5 Å². The van der Waals surface area contributed by atoms with Gasteiger partial charge in [0, 0.05) is 25.7 Å². The summed E-state index contributed by atoms with van der Waals surface area (Å²) in [7, 11) is -9.90. The van der Waals surface area contributed by atoms with Crippen LogP contribution in [0.25, 0.3) is 0 Å². The van der Waals surface area contributed by atoms with E-state index in [9.17, 15) is 43.2 Å². The van der Waals surface area contributed by atoms with E-state index in [1.165, 1.54) is 148 Å². The highest BCUT2D eigenvalue weighted by Crippen LogP contribution is 2.45. The van der Waals surface area contributed by atoms with Crippen molar-refractivity contribution < 1.29 is 80.2 Å². The lowest BCUT2D eigenvalue weighted by atomic mass is 9.99. The van der Waals surface area contributed by atoms with Crippen LogP contribution in [0.15, 0.2) is 0 Å². The van der Waals surface area contributed by atoms with Crippen LogP contribution in [0.2, 0.25) is 0 Å². The van der Waals surface area contributed by atoms with Gasteiger partial charge in [0.25, 0.3) is 0 Å². The molecular formula is C70H136O17P2. The van der Waals surface area contributed by atoms with Gasteiger partial charge in [0.15, 0.2) is 12.2 Å². The molecule has 0 aliphatic rings. The summed E-state index contributed by atoms with van der Waals surface area (Å²) in [6, 6.07) is 0. The number of unbranched alkanes of at least 4 members (excludes halogenated alkanes) is 32. The van der Waals surface area contributed by atoms with Crippen molar-refractivity contribution in [3.63, 3.8) is 0 Å². The van der Waals surface area contributed by atoms with E-state index in [0.29, 0.717) is 25.7 Å². The molecule has 0 aromatic heterocycles. The molecule has 4 unspecified atom stereocenters. The average Bonchev–Trinajstić information content (AvgIpc) is 3.65. The van der Waals surface area contributed by atoms with Gasteiger partial charge in [-0.2, -0.15) is 0 Å². The zero-order valence-electron chi connectivity index (χ0n) is 58.1. The third-order valence-corrected chi connectivity index (χ3v) is 18.3. The van der Waals surface area contributed by atoms with Gasteiger partial charge in [-0.05, 0) is 49.4 Å². The first-order chi connectivity index (χ1) is 42.6. The highest BCUT2D eigenvalue weighted by Gasteiger charge is 2.30. The van der Waals surface area contributed by atoms with E-state index in [4.69, 9.17) is 37.0 Å². The Bertz CT molecular complexity index is 1770. The summed E-state index contributed by atoms with van der Waals surface area (Å²) in [6.45, 7) is 14.1. The number of hydrogen-bond acceptors (Lipinski definition) is 15. The number of ether oxygens (including phenoxy) is 4. The van der Waals surface area contributed by atoms with Crippen LogP contribution < -0.4 is 0 Å². The van der Waals surface area contributed by atoms with E-state index in [-0.39, 0.29) is 25.7 Å². The van der Waals surface area contributed by atoms with Gasteiger partial charge < -0.3 is 33.8 Å². The monoisotopic (exact) mass is 1310 g/mol. The third kappa shape index (κ3) is 63.2. The zero-order chi connectivity index (χ0) is 66.1. The highest BCUT2D eigenvalue weighted by atomic mass is 31.2. The standard InChI is InChI=1S/C70H136O17P2/c1-9-63(8)49-41-33-25-19-21-29-37-45-53-70(75)87-66(56-80-67(72)50-42-34-26-16-12-10-14-22-30-38-46-60(2)3)59-85-89(78,79)83-55-64(71)54-82-88(76,77)84-58-65(57-81-68(73)51-43-35-27-20-18-24-32-40-48-62(6)7)86-69(74)52-44-36-28-17-13-11-15-23-31-39-47-61(4)5/h60-66,71H,9-59H2,1-8H3,(H,76,77)(H,78,79)/t63?,64?,65-,66-/m1/s1. The quantitative estimate of drug-likeness (QED) is 0.0222. The number of phosphoric acid groups is 2. The van der Waals surface area contributed by atoms with Gasteiger partial charge in [-0.15, -0.1) is 0 Å². The maximum absolute atomic E-state index is 13.0. The fourth-order valence-corrected chi connectivity index (χ4v) is 12.0. The van der Waals surface area contributed by atoms with Crippen molar-refractivity contribution in [1.29, 1.82) is 0 Å². The predicted octanol–water partition coefficient (Wildman–Crippen LogP) is 19.7. The third-order valence-electron chi connectivity index (χ3n) is 16.4. The number of carbonyl (C=O) groups is 4. The van der Waals surface area contributed by atoms with Crippen LogP contribution >= 0.6 is 15.6 Å². The smallest absolute Gasteiger partial charge is 0.462 e. The average molecular weight is 1310 g/mol. The van der Waals surface area contributed by atoms with Crippen LogP contribution in [0, 0.1) is 23.7 Å². The van der Waals surface area contributed by atoms with Crippen LogP contribution in [-0.4, -0.2) is 96.7 Å². The van der Waals surface area contributed by atoms with E-state index in [2.05, 4.69) is 55.4 Å². The van der Waals surface area contributed by atoms with Crippen molar-refractivity contribution in [2.75, 3.05) is 39.6 Å². The van der Waals surface area contributed by atoms with Crippen LogP contribution in [0.1, 0.15) is 344 Å². The van der Waals surface area contributed by atoms with Crippen LogP contribution in [0.5, 0.6) is 0 Å². The number of hydrogen-bond donors (Lipinski definition) is 3. The molecule has 0 radical (unpaired) electrons. The maximum Gasteiger partial charge on any atom is 0.472 e. The van der Waals surface area contributed by atoms with Gasteiger partial charge in [0.2, 0.25) is 0 Å². The molecule has 0 saturated heterocycles. The molecule has 19 heteroatoms. The lowest BCUT2D eigenvalue weighted by Gasteiger charge is -2.21. The Morgan fingerprint density at radius 3 is 0.798 bits per heavy atom. The number of aliphatic hydroxyl groups is 1. The number of rotatable bonds is 67. The Kier molecular flexibility index (Phi) is 58.5. The molecule has 0 bridgehead atoms. The van der Waals surface area contributed by atoms with Crippen molar-refractivity contribution in [2.24, 2.45) is 23.7 Å². The van der Waals surface area contributed by atoms with Crippen LogP contribution in [0.4, 0.5) is 0 Å². The molecular weight excluding hydrogens is 1170 g/mol. The molecule has 528 valence electrons. The van der Waals surface area contributed by atoms with Crippen molar-refractivity contribution in [3.05, 3.63) is 0 Å². The highest BCUT2D eigenvalue weighted by molar-refractivity contribution is 7.47. The molecule has 0 spiro atoms. The summed E-state index contributed by atoms with van der Waals surface area (Å²) in [5.41, 5.74) is 0. The second-order valence-electron chi connectivity index (χ2n) is 26.9. The lowest BCUT2D eigenvalue weighted by Crippen LogP contribution is -2.30. The summed E-state index contributed by atoms with van der Waals surface area (Å²) in [6.07, 6.45) is 41.6. The molecule has 0 aliphatic carbocycles. The summed E-state index contributed by atoms with van der Waals surface area (Å²) in [4.78, 5) is 72.6. The van der Waals surface area contributed by atoms with Gasteiger partial charge in [-0.1, -0.05) is 293 Å². The minimum absolute atomic E-state index is 0.104. The second kappa shape index (κ2) is 59.8. The van der Waals surface area contributed by atoms with E-state index in [0.717, 1.165) is 114 Å². The fourth-order valence-electron chi connectivity index (χ4n) is 10.5. The van der Waals surface area contributed by atoms with Crippen LogP contribution in [-0.2, 0) is 65.4 Å². The Hall–Kier alpha value is -1.94. The molecule has 0 fully saturated rings. The van der Waals surface area contributed by atoms with E-state index >= 15 is 0 Å². The normalized spacial score (nSPS) is 14.6. The number of phosphoric ester groups is 2. The Balaban J connectivity index is 5.27. The Morgan fingerprint density at radius 1 is 0.315 bits per heavy atom. The molecule has 0 heterocycles. The Morgan fingerprint density at radius 2 is 0.539 bits per heavy atom. The van der Waals surface area contributed by atoms with Gasteiger partial charge in [-0.25, -0.2) is 9.13 Å². The first-order valence-electron chi connectivity index (χ1n) is 36.2. The van der Waals surface area contributed by atoms with Crippen LogP contribution in [0.3, 0.4) is 0 Å². The van der Waals surface area contributed by atoms with Crippen molar-refractivity contribution in [2.45, 2.75) is 363 Å². The van der Waals surface area contributed by atoms with E-state index in [1.54, 1.807) is 0 Å². The maximum atomic E-state index is 13.0. The molecule has 0 aliphatic heterocycles.